The maximum atomic E-state index is 13.7. The van der Waals surface area contributed by atoms with Crippen LogP contribution in [0.2, 0.25) is 5.02 Å². The number of benzene rings is 2. The number of ether oxygens (including phenoxy) is 1. The predicted molar refractivity (Wildman–Crippen MR) is 95.2 cm³/mol. The van der Waals surface area contributed by atoms with E-state index in [2.05, 4.69) is 20.9 Å². The third-order valence-corrected chi connectivity index (χ3v) is 4.48. The summed E-state index contributed by atoms with van der Waals surface area (Å²) in [5, 5.41) is 3.29. The second-order valence-electron chi connectivity index (χ2n) is 5.83. The lowest BCUT2D eigenvalue weighted by molar-refractivity contribution is -0.117. The number of carbonyl (C=O) groups excluding carboxylic acids is 2. The fourth-order valence-electron chi connectivity index (χ4n) is 2.79. The highest BCUT2D eigenvalue weighted by atomic mass is 35.5. The van der Waals surface area contributed by atoms with Gasteiger partial charge in [-0.2, -0.15) is 0 Å². The van der Waals surface area contributed by atoms with Crippen LogP contribution in [0.25, 0.3) is 0 Å². The van der Waals surface area contributed by atoms with Gasteiger partial charge in [-0.05, 0) is 36.2 Å². The molecule has 0 bridgehead atoms. The van der Waals surface area contributed by atoms with Crippen LogP contribution in [0.15, 0.2) is 42.5 Å². The minimum Gasteiger partial charge on any atom is -0.465 e. The summed E-state index contributed by atoms with van der Waals surface area (Å²) in [4.78, 5) is 24.0. The highest BCUT2D eigenvalue weighted by Crippen LogP contribution is 2.28. The Kier molecular flexibility index (Phi) is 5.51. The van der Waals surface area contributed by atoms with E-state index in [0.29, 0.717) is 17.1 Å². The normalized spacial score (nSPS) is 19.2. The van der Waals surface area contributed by atoms with Crippen molar-refractivity contribution in [3.05, 3.63) is 64.4 Å². The molecule has 0 spiro atoms. The van der Waals surface area contributed by atoms with Gasteiger partial charge in [0.15, 0.2) is 0 Å². The Hall–Kier alpha value is -2.48. The summed E-state index contributed by atoms with van der Waals surface area (Å²) in [5.41, 5.74) is 6.94. The minimum atomic E-state index is -0.807. The quantitative estimate of drug-likeness (QED) is 0.714. The molecule has 2 unspecified atom stereocenters. The molecule has 0 saturated carbocycles. The predicted octanol–water partition coefficient (Wildman–Crippen LogP) is 2.81. The van der Waals surface area contributed by atoms with E-state index >= 15 is 0 Å². The number of esters is 1. The third-order valence-electron chi connectivity index (χ3n) is 4.14. The van der Waals surface area contributed by atoms with Crippen LogP contribution >= 0.6 is 11.6 Å². The summed E-state index contributed by atoms with van der Waals surface area (Å²) in [7, 11) is 1.16. The summed E-state index contributed by atoms with van der Waals surface area (Å²) in [6, 6.07) is 10.5. The molecule has 26 heavy (non-hydrogen) atoms. The largest absolute Gasteiger partial charge is 0.465 e. The van der Waals surface area contributed by atoms with Crippen LogP contribution in [0.3, 0.4) is 0 Å². The third kappa shape index (κ3) is 3.85. The van der Waals surface area contributed by atoms with Crippen molar-refractivity contribution in [1.82, 2.24) is 10.9 Å². The van der Waals surface area contributed by atoms with Crippen molar-refractivity contribution in [3.8, 4) is 0 Å². The van der Waals surface area contributed by atoms with E-state index in [0.717, 1.165) is 18.7 Å². The van der Waals surface area contributed by atoms with E-state index in [1.807, 2.05) is 18.2 Å². The van der Waals surface area contributed by atoms with E-state index < -0.39 is 17.8 Å². The van der Waals surface area contributed by atoms with E-state index in [1.54, 1.807) is 6.07 Å². The molecule has 2 atom stereocenters. The molecule has 3 N–H and O–H groups in total. The number of hydrazine groups is 1. The van der Waals surface area contributed by atoms with E-state index in [9.17, 15) is 14.0 Å². The number of methoxy groups -OCH3 is 1. The number of hydrogen-bond acceptors (Lipinski definition) is 5. The number of amides is 1. The van der Waals surface area contributed by atoms with Gasteiger partial charge in [-0.3, -0.25) is 4.79 Å². The van der Waals surface area contributed by atoms with Gasteiger partial charge in [-0.25, -0.2) is 20.0 Å². The molecule has 0 aliphatic carbocycles. The van der Waals surface area contributed by atoms with Gasteiger partial charge in [0.25, 0.3) is 0 Å². The molecule has 2 aromatic carbocycles. The fourth-order valence-corrected chi connectivity index (χ4v) is 3.06. The summed E-state index contributed by atoms with van der Waals surface area (Å²) in [5.74, 6) is -1.83. The first kappa shape index (κ1) is 18.3. The smallest absolute Gasteiger partial charge is 0.340 e. The first-order valence-electron chi connectivity index (χ1n) is 7.94. The zero-order chi connectivity index (χ0) is 18.7. The van der Waals surface area contributed by atoms with Crippen LogP contribution in [0, 0.1) is 5.82 Å². The van der Waals surface area contributed by atoms with Gasteiger partial charge in [0, 0.05) is 16.8 Å². The van der Waals surface area contributed by atoms with Crippen molar-refractivity contribution in [2.24, 2.45) is 0 Å². The number of hydrogen-bond donors (Lipinski definition) is 3. The SMILES string of the molecule is COC(=O)c1cc(NC(=O)C2CC(c3ccccc3Cl)NN2)ccc1F. The van der Waals surface area contributed by atoms with Crippen molar-refractivity contribution in [2.75, 3.05) is 12.4 Å². The Labute approximate surface area is 154 Å². The van der Waals surface area contributed by atoms with Crippen LogP contribution < -0.4 is 16.2 Å². The van der Waals surface area contributed by atoms with Crippen molar-refractivity contribution < 1.29 is 18.7 Å². The van der Waals surface area contributed by atoms with Crippen LogP contribution in [0.4, 0.5) is 10.1 Å². The molecule has 0 radical (unpaired) electrons. The molecule has 1 aliphatic heterocycles. The van der Waals surface area contributed by atoms with Gasteiger partial charge in [0.2, 0.25) is 5.91 Å². The Morgan fingerprint density at radius 1 is 1.23 bits per heavy atom. The lowest BCUT2D eigenvalue weighted by Gasteiger charge is -2.12. The highest BCUT2D eigenvalue weighted by Gasteiger charge is 2.31. The molecule has 136 valence electrons. The molecular weight excluding hydrogens is 361 g/mol. The molecule has 1 saturated heterocycles. The Morgan fingerprint density at radius 3 is 2.73 bits per heavy atom. The van der Waals surface area contributed by atoms with Crippen molar-refractivity contribution in [3.63, 3.8) is 0 Å². The van der Waals surface area contributed by atoms with Crippen molar-refractivity contribution in [2.45, 2.75) is 18.5 Å². The fraction of sp³-hybridized carbons (Fsp3) is 0.222. The molecule has 8 heteroatoms. The summed E-state index contributed by atoms with van der Waals surface area (Å²) >= 11 is 6.19. The molecule has 6 nitrogen and oxygen atoms in total. The Bertz CT molecular complexity index is 846. The van der Waals surface area contributed by atoms with Gasteiger partial charge in [-0.1, -0.05) is 29.8 Å². The number of halogens is 2. The summed E-state index contributed by atoms with van der Waals surface area (Å²) < 4.78 is 18.2. The summed E-state index contributed by atoms with van der Waals surface area (Å²) in [6.45, 7) is 0. The molecule has 3 rings (SSSR count). The lowest BCUT2D eigenvalue weighted by atomic mass is 10.0. The number of nitrogens with one attached hydrogen (secondary N) is 3. The molecule has 1 aliphatic rings. The van der Waals surface area contributed by atoms with Crippen molar-refractivity contribution in [1.29, 1.82) is 0 Å². The monoisotopic (exact) mass is 377 g/mol. The van der Waals surface area contributed by atoms with Gasteiger partial charge in [0.1, 0.15) is 11.9 Å². The zero-order valence-electron chi connectivity index (χ0n) is 13.9. The van der Waals surface area contributed by atoms with Crippen molar-refractivity contribution >= 4 is 29.2 Å². The van der Waals surface area contributed by atoms with Gasteiger partial charge < -0.3 is 10.1 Å². The van der Waals surface area contributed by atoms with Crippen LogP contribution in [-0.4, -0.2) is 25.0 Å². The van der Waals surface area contributed by atoms with Gasteiger partial charge >= 0.3 is 5.97 Å². The molecule has 1 heterocycles. The molecule has 1 fully saturated rings. The molecule has 0 aromatic heterocycles. The van der Waals surface area contributed by atoms with Gasteiger partial charge in [-0.15, -0.1) is 0 Å². The zero-order valence-corrected chi connectivity index (χ0v) is 14.6. The van der Waals surface area contributed by atoms with E-state index in [4.69, 9.17) is 11.6 Å². The second kappa shape index (κ2) is 7.82. The van der Waals surface area contributed by atoms with Crippen LogP contribution in [0.5, 0.6) is 0 Å². The average Bonchev–Trinajstić information content (AvgIpc) is 3.13. The molecular formula is C18H17ClFN3O3. The maximum Gasteiger partial charge on any atom is 0.340 e. The maximum absolute atomic E-state index is 13.7. The van der Waals surface area contributed by atoms with Crippen LogP contribution in [-0.2, 0) is 9.53 Å². The Morgan fingerprint density at radius 2 is 2.00 bits per heavy atom. The first-order valence-corrected chi connectivity index (χ1v) is 8.31. The Balaban J connectivity index is 1.68. The number of carbonyl (C=O) groups is 2. The second-order valence-corrected chi connectivity index (χ2v) is 6.23. The number of anilines is 1. The average molecular weight is 378 g/mol. The number of rotatable bonds is 4. The highest BCUT2D eigenvalue weighted by molar-refractivity contribution is 6.31. The lowest BCUT2D eigenvalue weighted by Crippen LogP contribution is -2.39. The molecule has 1 amide bonds. The summed E-state index contributed by atoms with van der Waals surface area (Å²) in [6.07, 6.45) is 0.487. The molecule has 2 aromatic rings. The topological polar surface area (TPSA) is 79.5 Å². The van der Waals surface area contributed by atoms with Gasteiger partial charge in [0.05, 0.1) is 12.7 Å². The first-order chi connectivity index (χ1) is 12.5. The minimum absolute atomic E-state index is 0.113. The standard InChI is InChI=1S/C18H17ClFN3O3/c1-26-18(25)12-8-10(6-7-14(12)20)21-17(24)16-9-15(22-23-16)11-4-2-3-5-13(11)19/h2-8,15-16,22-23H,9H2,1H3,(H,21,24). The van der Waals surface area contributed by atoms with E-state index in [-0.39, 0.29) is 17.5 Å². The van der Waals surface area contributed by atoms with E-state index in [1.165, 1.54) is 12.1 Å². The van der Waals surface area contributed by atoms with Crippen LogP contribution in [0.1, 0.15) is 28.4 Å².